The van der Waals surface area contributed by atoms with Crippen molar-refractivity contribution in [3.63, 3.8) is 0 Å². The summed E-state index contributed by atoms with van der Waals surface area (Å²) in [5, 5.41) is 0. The monoisotopic (exact) mass is 316 g/mol. The van der Waals surface area contributed by atoms with Gasteiger partial charge in [0.05, 0.1) is 10.5 Å². The van der Waals surface area contributed by atoms with Gasteiger partial charge in [0.2, 0.25) is 10.0 Å². The van der Waals surface area contributed by atoms with Crippen molar-refractivity contribution in [3.05, 3.63) is 29.6 Å². The lowest BCUT2D eigenvalue weighted by molar-refractivity contribution is 0.569. The van der Waals surface area contributed by atoms with Crippen molar-refractivity contribution in [1.29, 1.82) is 0 Å². The summed E-state index contributed by atoms with van der Waals surface area (Å²) in [5.74, 6) is 0.0270. The Labute approximate surface area is 123 Å². The third-order valence-corrected chi connectivity index (χ3v) is 5.00. The molecule has 1 fully saturated rings. The fourth-order valence-corrected chi connectivity index (χ4v) is 3.62. The van der Waals surface area contributed by atoms with E-state index in [4.69, 9.17) is 18.0 Å². The third kappa shape index (κ3) is 3.74. The van der Waals surface area contributed by atoms with Gasteiger partial charge in [0, 0.05) is 6.54 Å². The summed E-state index contributed by atoms with van der Waals surface area (Å²) < 4.78 is 40.5. The van der Waals surface area contributed by atoms with E-state index >= 15 is 0 Å². The molecule has 0 spiro atoms. The van der Waals surface area contributed by atoms with Crippen LogP contribution in [0.2, 0.25) is 0 Å². The molecule has 0 heterocycles. The zero-order chi connectivity index (χ0) is 14.8. The van der Waals surface area contributed by atoms with Gasteiger partial charge in [-0.3, -0.25) is 0 Å². The smallest absolute Gasteiger partial charge is 0.241 e. The number of nitrogens with two attached hydrogens (primary N) is 1. The molecule has 0 aromatic heterocycles. The first kappa shape index (κ1) is 15.3. The molecule has 7 heteroatoms. The van der Waals surface area contributed by atoms with Crippen LogP contribution in [0.15, 0.2) is 23.1 Å². The highest BCUT2D eigenvalue weighted by Crippen LogP contribution is 2.33. The lowest BCUT2D eigenvalue weighted by atomic mass is 10.2. The van der Waals surface area contributed by atoms with Crippen molar-refractivity contribution in [2.24, 2.45) is 11.7 Å². The number of hydrogen-bond acceptors (Lipinski definition) is 3. The van der Waals surface area contributed by atoms with Crippen molar-refractivity contribution in [3.8, 4) is 0 Å². The fraction of sp³-hybridized carbons (Fsp3) is 0.462. The van der Waals surface area contributed by atoms with Gasteiger partial charge in [0.1, 0.15) is 10.8 Å². The molecule has 1 aliphatic rings. The predicted octanol–water partition coefficient (Wildman–Crippen LogP) is 1.93. The van der Waals surface area contributed by atoms with Crippen LogP contribution in [-0.4, -0.2) is 20.0 Å². The average Bonchev–Trinajstić information content (AvgIpc) is 3.18. The Bertz CT molecular complexity index is 613. The molecule has 4 nitrogen and oxygen atoms in total. The molecule has 3 N–H and O–H groups in total. The molecule has 0 bridgehead atoms. The summed E-state index contributed by atoms with van der Waals surface area (Å²) in [6.07, 6.45) is 4.28. The summed E-state index contributed by atoms with van der Waals surface area (Å²) in [7, 11) is -3.79. The second-order valence-electron chi connectivity index (χ2n) is 4.96. The molecule has 2 rings (SSSR count). The molecule has 1 aromatic carbocycles. The van der Waals surface area contributed by atoms with Gasteiger partial charge in [0.15, 0.2) is 0 Å². The van der Waals surface area contributed by atoms with Crippen molar-refractivity contribution in [2.45, 2.75) is 30.6 Å². The Morgan fingerprint density at radius 1 is 1.45 bits per heavy atom. The van der Waals surface area contributed by atoms with Crippen LogP contribution in [0.25, 0.3) is 0 Å². The van der Waals surface area contributed by atoms with Gasteiger partial charge in [-0.05, 0) is 30.9 Å². The van der Waals surface area contributed by atoms with E-state index in [1.807, 2.05) is 0 Å². The molecule has 0 saturated heterocycles. The number of thiocarbonyl (C=S) groups is 1. The highest BCUT2D eigenvalue weighted by atomic mass is 32.2. The summed E-state index contributed by atoms with van der Waals surface area (Å²) >= 11 is 4.73. The normalized spacial score (nSPS) is 15.2. The second-order valence-corrected chi connectivity index (χ2v) is 7.14. The van der Waals surface area contributed by atoms with Gasteiger partial charge in [-0.15, -0.1) is 0 Å². The minimum Gasteiger partial charge on any atom is -0.389 e. The first-order valence-corrected chi connectivity index (χ1v) is 8.39. The van der Waals surface area contributed by atoms with Crippen molar-refractivity contribution < 1.29 is 12.8 Å². The van der Waals surface area contributed by atoms with E-state index in [0.717, 1.165) is 24.8 Å². The Kier molecular flexibility index (Phi) is 4.72. The molecule has 0 radical (unpaired) electrons. The number of benzene rings is 1. The van der Waals surface area contributed by atoms with Crippen molar-refractivity contribution in [2.75, 3.05) is 6.54 Å². The van der Waals surface area contributed by atoms with Crippen LogP contribution < -0.4 is 10.5 Å². The fourth-order valence-electron chi connectivity index (χ4n) is 2.05. The SMILES string of the molecule is NC(=S)c1c(F)cccc1S(=O)(=O)NCCCC1CC1. The van der Waals surface area contributed by atoms with Crippen LogP contribution in [0.4, 0.5) is 4.39 Å². The Hall–Kier alpha value is -1.05. The Morgan fingerprint density at radius 3 is 2.75 bits per heavy atom. The second kappa shape index (κ2) is 6.15. The van der Waals surface area contributed by atoms with E-state index in [-0.39, 0.29) is 15.4 Å². The van der Waals surface area contributed by atoms with Crippen LogP contribution in [0, 0.1) is 11.7 Å². The van der Waals surface area contributed by atoms with Gasteiger partial charge >= 0.3 is 0 Å². The summed E-state index contributed by atoms with van der Waals surface area (Å²) in [6.45, 7) is 0.339. The summed E-state index contributed by atoms with van der Waals surface area (Å²) in [5.41, 5.74) is 5.19. The number of rotatable bonds is 7. The van der Waals surface area contributed by atoms with Crippen molar-refractivity contribution in [1.82, 2.24) is 4.72 Å². The minimum atomic E-state index is -3.79. The van der Waals surface area contributed by atoms with E-state index in [2.05, 4.69) is 4.72 Å². The average molecular weight is 316 g/mol. The largest absolute Gasteiger partial charge is 0.389 e. The number of halogens is 1. The first-order valence-electron chi connectivity index (χ1n) is 6.50. The van der Waals surface area contributed by atoms with Crippen LogP contribution in [0.3, 0.4) is 0 Å². The summed E-state index contributed by atoms with van der Waals surface area (Å²) in [6, 6.07) is 3.78. The van der Waals surface area contributed by atoms with E-state index in [1.165, 1.54) is 25.0 Å². The molecule has 0 atom stereocenters. The predicted molar refractivity (Wildman–Crippen MR) is 79.4 cm³/mol. The van der Waals surface area contributed by atoms with Crippen LogP contribution >= 0.6 is 12.2 Å². The standard InChI is InChI=1S/C13H17FN2O2S2/c14-10-4-1-5-11(12(10)13(15)19)20(17,18)16-8-2-3-9-6-7-9/h1,4-5,9,16H,2-3,6-8H2,(H2,15,19). The highest BCUT2D eigenvalue weighted by Gasteiger charge is 2.23. The summed E-state index contributed by atoms with van der Waals surface area (Å²) in [4.78, 5) is -0.460. The van der Waals surface area contributed by atoms with Crippen LogP contribution in [0.5, 0.6) is 0 Å². The molecule has 1 aliphatic carbocycles. The Balaban J connectivity index is 2.11. The van der Waals surface area contributed by atoms with Gasteiger partial charge in [-0.2, -0.15) is 0 Å². The zero-order valence-electron chi connectivity index (χ0n) is 10.9. The van der Waals surface area contributed by atoms with E-state index in [0.29, 0.717) is 6.54 Å². The van der Waals surface area contributed by atoms with Crippen LogP contribution in [-0.2, 0) is 10.0 Å². The van der Waals surface area contributed by atoms with Crippen LogP contribution in [0.1, 0.15) is 31.2 Å². The topological polar surface area (TPSA) is 72.2 Å². The molecule has 0 amide bonds. The van der Waals surface area contributed by atoms with Gasteiger partial charge in [-0.1, -0.05) is 31.1 Å². The van der Waals surface area contributed by atoms with Gasteiger partial charge in [-0.25, -0.2) is 17.5 Å². The lowest BCUT2D eigenvalue weighted by Crippen LogP contribution is -2.28. The molecule has 0 unspecified atom stereocenters. The van der Waals surface area contributed by atoms with E-state index in [1.54, 1.807) is 0 Å². The molecule has 1 aromatic rings. The maximum Gasteiger partial charge on any atom is 0.241 e. The zero-order valence-corrected chi connectivity index (χ0v) is 12.6. The first-order chi connectivity index (χ1) is 9.42. The van der Waals surface area contributed by atoms with Gasteiger partial charge in [0.25, 0.3) is 0 Å². The molecular formula is C13H17FN2O2S2. The highest BCUT2D eigenvalue weighted by molar-refractivity contribution is 7.89. The number of hydrogen-bond donors (Lipinski definition) is 2. The minimum absolute atomic E-state index is 0.198. The maximum atomic E-state index is 13.7. The molecule has 0 aliphatic heterocycles. The lowest BCUT2D eigenvalue weighted by Gasteiger charge is -2.11. The molecule has 20 heavy (non-hydrogen) atoms. The molecular weight excluding hydrogens is 299 g/mol. The Morgan fingerprint density at radius 2 is 2.15 bits per heavy atom. The van der Waals surface area contributed by atoms with Gasteiger partial charge < -0.3 is 5.73 Å². The number of sulfonamides is 1. The third-order valence-electron chi connectivity index (χ3n) is 3.29. The van der Waals surface area contributed by atoms with Crippen molar-refractivity contribution >= 4 is 27.2 Å². The number of nitrogens with one attached hydrogen (secondary N) is 1. The quantitative estimate of drug-likeness (QED) is 0.595. The molecule has 110 valence electrons. The maximum absolute atomic E-state index is 13.7. The molecule has 1 saturated carbocycles. The van der Waals surface area contributed by atoms with E-state index in [9.17, 15) is 12.8 Å². The van der Waals surface area contributed by atoms with E-state index < -0.39 is 15.8 Å².